The maximum atomic E-state index is 12.8. The van der Waals surface area contributed by atoms with Gasteiger partial charge in [0.25, 0.3) is 0 Å². The Morgan fingerprint density at radius 1 is 1.33 bits per heavy atom. The summed E-state index contributed by atoms with van der Waals surface area (Å²) in [7, 11) is -3.43. The normalized spacial score (nSPS) is 23.1. The molecule has 3 N–H and O–H groups in total. The van der Waals surface area contributed by atoms with E-state index in [1.807, 2.05) is 0 Å². The lowest BCUT2D eigenvalue weighted by molar-refractivity contribution is 0.0177. The standard InChI is InChI=1S/C14H21FN2O3S/c15-12-2-4-13(5-3-12)21(19,20)9-8-17-11-14(18)6-1-7-16-10-14/h2-5,16-18H,1,6-11H2/t14-/m0/s1. The summed E-state index contributed by atoms with van der Waals surface area (Å²) in [5.41, 5.74) is -0.808. The third-order valence-corrected chi connectivity index (χ3v) is 5.36. The van der Waals surface area contributed by atoms with Crippen molar-refractivity contribution in [1.82, 2.24) is 10.6 Å². The molecule has 1 heterocycles. The summed E-state index contributed by atoms with van der Waals surface area (Å²) >= 11 is 0. The van der Waals surface area contributed by atoms with Crippen molar-refractivity contribution < 1.29 is 17.9 Å². The van der Waals surface area contributed by atoms with Crippen LogP contribution in [-0.2, 0) is 9.84 Å². The fourth-order valence-electron chi connectivity index (χ4n) is 2.39. The van der Waals surface area contributed by atoms with Crippen molar-refractivity contribution in [2.24, 2.45) is 0 Å². The van der Waals surface area contributed by atoms with Crippen molar-refractivity contribution in [3.63, 3.8) is 0 Å². The van der Waals surface area contributed by atoms with Gasteiger partial charge in [0.05, 0.1) is 16.2 Å². The monoisotopic (exact) mass is 316 g/mol. The van der Waals surface area contributed by atoms with E-state index < -0.39 is 21.3 Å². The zero-order valence-electron chi connectivity index (χ0n) is 11.8. The Hall–Kier alpha value is -1.02. The van der Waals surface area contributed by atoms with Crippen LogP contribution >= 0.6 is 0 Å². The Kier molecular flexibility index (Phi) is 5.32. The molecule has 0 aliphatic carbocycles. The highest BCUT2D eigenvalue weighted by Crippen LogP contribution is 2.15. The van der Waals surface area contributed by atoms with Gasteiger partial charge in [-0.1, -0.05) is 0 Å². The third-order valence-electron chi connectivity index (χ3n) is 3.62. The summed E-state index contributed by atoms with van der Waals surface area (Å²) in [4.78, 5) is 0.115. The highest BCUT2D eigenvalue weighted by atomic mass is 32.2. The minimum Gasteiger partial charge on any atom is -0.387 e. The van der Waals surface area contributed by atoms with Crippen LogP contribution in [0.1, 0.15) is 12.8 Å². The van der Waals surface area contributed by atoms with E-state index in [-0.39, 0.29) is 17.2 Å². The summed E-state index contributed by atoms with van der Waals surface area (Å²) < 4.78 is 36.9. The summed E-state index contributed by atoms with van der Waals surface area (Å²) in [5, 5.41) is 16.3. The Morgan fingerprint density at radius 2 is 2.05 bits per heavy atom. The first-order valence-corrected chi connectivity index (χ1v) is 8.69. The molecule has 1 atom stereocenters. The zero-order valence-corrected chi connectivity index (χ0v) is 12.6. The van der Waals surface area contributed by atoms with Crippen LogP contribution in [-0.4, -0.2) is 51.1 Å². The molecule has 5 nitrogen and oxygen atoms in total. The van der Waals surface area contributed by atoms with Crippen LogP contribution in [0.5, 0.6) is 0 Å². The number of hydrogen-bond acceptors (Lipinski definition) is 5. The largest absolute Gasteiger partial charge is 0.387 e. The summed E-state index contributed by atoms with van der Waals surface area (Å²) in [6, 6.07) is 4.81. The van der Waals surface area contributed by atoms with Gasteiger partial charge in [-0.15, -0.1) is 0 Å². The first-order chi connectivity index (χ1) is 9.91. The predicted octanol–water partition coefficient (Wildman–Crippen LogP) is 0.304. The van der Waals surface area contributed by atoms with Crippen LogP contribution in [0, 0.1) is 5.82 Å². The predicted molar refractivity (Wildman–Crippen MR) is 78.4 cm³/mol. The summed E-state index contributed by atoms with van der Waals surface area (Å²) in [5.74, 6) is -0.540. The first kappa shape index (κ1) is 16.4. The molecular weight excluding hydrogens is 295 g/mol. The van der Waals surface area contributed by atoms with Gasteiger partial charge >= 0.3 is 0 Å². The van der Waals surface area contributed by atoms with Crippen LogP contribution in [0.25, 0.3) is 0 Å². The van der Waals surface area contributed by atoms with E-state index in [9.17, 15) is 17.9 Å². The average molecular weight is 316 g/mol. The third kappa shape index (κ3) is 4.74. The molecule has 1 saturated heterocycles. The number of benzene rings is 1. The van der Waals surface area contributed by atoms with Gasteiger partial charge in [0, 0.05) is 19.6 Å². The Balaban J connectivity index is 1.81. The molecule has 1 fully saturated rings. The number of nitrogens with one attached hydrogen (secondary N) is 2. The Morgan fingerprint density at radius 3 is 2.67 bits per heavy atom. The molecule has 0 unspecified atom stereocenters. The van der Waals surface area contributed by atoms with Crippen LogP contribution in [0.2, 0.25) is 0 Å². The Labute approximate surface area is 124 Å². The van der Waals surface area contributed by atoms with Gasteiger partial charge in [-0.2, -0.15) is 0 Å². The van der Waals surface area contributed by atoms with Gasteiger partial charge in [0.1, 0.15) is 5.82 Å². The second-order valence-corrected chi connectivity index (χ2v) is 7.56. The number of aliphatic hydroxyl groups is 1. The second kappa shape index (κ2) is 6.83. The molecule has 21 heavy (non-hydrogen) atoms. The second-order valence-electron chi connectivity index (χ2n) is 5.45. The molecule has 0 amide bonds. The van der Waals surface area contributed by atoms with Crippen molar-refractivity contribution in [2.45, 2.75) is 23.3 Å². The highest BCUT2D eigenvalue weighted by molar-refractivity contribution is 7.91. The molecular formula is C14H21FN2O3S. The van der Waals surface area contributed by atoms with Gasteiger partial charge in [-0.25, -0.2) is 12.8 Å². The fraction of sp³-hybridized carbons (Fsp3) is 0.571. The highest BCUT2D eigenvalue weighted by Gasteiger charge is 2.28. The van der Waals surface area contributed by atoms with E-state index >= 15 is 0 Å². The lowest BCUT2D eigenvalue weighted by Gasteiger charge is -2.32. The van der Waals surface area contributed by atoms with Crippen LogP contribution in [0.4, 0.5) is 4.39 Å². The lowest BCUT2D eigenvalue weighted by atomic mass is 9.94. The quantitative estimate of drug-likeness (QED) is 0.520. The van der Waals surface area contributed by atoms with Crippen LogP contribution in [0.3, 0.4) is 0 Å². The molecule has 2 rings (SSSR count). The maximum Gasteiger partial charge on any atom is 0.179 e. The molecule has 1 aliphatic heterocycles. The van der Waals surface area contributed by atoms with E-state index in [1.54, 1.807) is 0 Å². The zero-order chi connectivity index (χ0) is 15.3. The number of piperidine rings is 1. The molecule has 0 aromatic heterocycles. The molecule has 1 aromatic carbocycles. The summed E-state index contributed by atoms with van der Waals surface area (Å²) in [6.45, 7) is 2.03. The van der Waals surface area contributed by atoms with E-state index in [0.29, 0.717) is 19.5 Å². The van der Waals surface area contributed by atoms with Crippen LogP contribution < -0.4 is 10.6 Å². The van der Waals surface area contributed by atoms with E-state index in [1.165, 1.54) is 12.1 Å². The smallest absolute Gasteiger partial charge is 0.179 e. The number of hydrogen-bond donors (Lipinski definition) is 3. The number of sulfone groups is 1. The average Bonchev–Trinajstić information content (AvgIpc) is 2.45. The molecule has 1 aliphatic rings. The van der Waals surface area contributed by atoms with Gasteiger partial charge in [0.15, 0.2) is 9.84 Å². The minimum atomic E-state index is -3.43. The lowest BCUT2D eigenvalue weighted by Crippen LogP contribution is -2.52. The maximum absolute atomic E-state index is 12.8. The minimum absolute atomic E-state index is 0.0812. The number of β-amino-alcohol motifs (C(OH)–C–C–N with tert-alkyl or cyclic N) is 1. The molecule has 118 valence electrons. The molecule has 7 heteroatoms. The van der Waals surface area contributed by atoms with Crippen molar-refractivity contribution in [3.05, 3.63) is 30.1 Å². The van der Waals surface area contributed by atoms with Crippen molar-refractivity contribution >= 4 is 9.84 Å². The van der Waals surface area contributed by atoms with Gasteiger partial charge in [0.2, 0.25) is 0 Å². The van der Waals surface area contributed by atoms with Gasteiger partial charge in [-0.3, -0.25) is 0 Å². The first-order valence-electron chi connectivity index (χ1n) is 7.03. The van der Waals surface area contributed by atoms with Crippen LogP contribution in [0.15, 0.2) is 29.2 Å². The van der Waals surface area contributed by atoms with E-state index in [4.69, 9.17) is 0 Å². The van der Waals surface area contributed by atoms with Crippen molar-refractivity contribution in [1.29, 1.82) is 0 Å². The van der Waals surface area contributed by atoms with Crippen molar-refractivity contribution in [3.8, 4) is 0 Å². The van der Waals surface area contributed by atoms with Gasteiger partial charge < -0.3 is 15.7 Å². The SMILES string of the molecule is O=S(=O)(CCNC[C@]1(O)CCCNC1)c1ccc(F)cc1. The Bertz CT molecular complexity index is 554. The number of halogens is 1. The van der Waals surface area contributed by atoms with Crippen molar-refractivity contribution in [2.75, 3.05) is 31.9 Å². The number of rotatable bonds is 6. The fourth-order valence-corrected chi connectivity index (χ4v) is 3.59. The van der Waals surface area contributed by atoms with E-state index in [2.05, 4.69) is 10.6 Å². The summed E-state index contributed by atoms with van der Waals surface area (Å²) in [6.07, 6.45) is 1.61. The molecule has 0 spiro atoms. The van der Waals surface area contributed by atoms with Gasteiger partial charge in [-0.05, 0) is 43.7 Å². The molecule has 1 aromatic rings. The molecule has 0 bridgehead atoms. The van der Waals surface area contributed by atoms with E-state index in [0.717, 1.165) is 25.1 Å². The molecule has 0 saturated carbocycles. The molecule has 0 radical (unpaired) electrons. The topological polar surface area (TPSA) is 78.4 Å².